The van der Waals surface area contributed by atoms with E-state index in [9.17, 15) is 9.59 Å². The number of nitrogens with zero attached hydrogens (tertiary/aromatic N) is 3. The van der Waals surface area contributed by atoms with Crippen molar-refractivity contribution in [2.45, 2.75) is 90.4 Å². The lowest BCUT2D eigenvalue weighted by atomic mass is 9.95. The molecule has 9 heteroatoms. The molecule has 2 heterocycles. The second-order valence-electron chi connectivity index (χ2n) is 12.0. The Kier molecular flexibility index (Phi) is 8.88. The van der Waals surface area contributed by atoms with Crippen molar-refractivity contribution in [3.63, 3.8) is 0 Å². The number of halogens is 1. The first-order valence-corrected chi connectivity index (χ1v) is 16.9. The normalized spacial score (nSPS) is 18.4. The fourth-order valence-corrected chi connectivity index (χ4v) is 6.38. The lowest BCUT2D eigenvalue weighted by Crippen LogP contribution is -2.56. The first kappa shape index (κ1) is 29.3. The molecule has 1 aromatic heterocycles. The Balaban J connectivity index is 1.55. The number of hydrogen-bond donors (Lipinski definition) is 0. The van der Waals surface area contributed by atoms with Gasteiger partial charge in [0, 0.05) is 18.0 Å². The summed E-state index contributed by atoms with van der Waals surface area (Å²) in [4.78, 5) is 33.1. The van der Waals surface area contributed by atoms with Gasteiger partial charge in [-0.15, -0.1) is 0 Å². The minimum atomic E-state index is -2.15. The highest BCUT2D eigenvalue weighted by molar-refractivity contribution is 6.74. The summed E-state index contributed by atoms with van der Waals surface area (Å²) in [5, 5.41) is 0.656. The topological polar surface area (TPSA) is 73.7 Å². The minimum absolute atomic E-state index is 0.00646. The van der Waals surface area contributed by atoms with Crippen LogP contribution in [-0.4, -0.2) is 53.3 Å². The van der Waals surface area contributed by atoms with Crippen LogP contribution in [0, 0.1) is 6.92 Å². The number of likely N-dealkylation sites (tertiary alicyclic amines) is 1. The van der Waals surface area contributed by atoms with Crippen LogP contribution in [0.15, 0.2) is 48.8 Å². The fourth-order valence-electron chi connectivity index (χ4n) is 4.84. The van der Waals surface area contributed by atoms with Crippen molar-refractivity contribution < 1.29 is 18.8 Å². The molecule has 0 bridgehead atoms. The molecule has 39 heavy (non-hydrogen) atoms. The zero-order chi connectivity index (χ0) is 28.4. The predicted molar refractivity (Wildman–Crippen MR) is 158 cm³/mol. The molecular weight excluding hydrogens is 530 g/mol. The maximum absolute atomic E-state index is 13.5. The number of benzene rings is 2. The van der Waals surface area contributed by atoms with Gasteiger partial charge in [0.2, 0.25) is 0 Å². The number of fused-ring (bicyclic) bond motifs is 1. The maximum atomic E-state index is 13.5. The van der Waals surface area contributed by atoms with E-state index in [4.69, 9.17) is 20.8 Å². The molecule has 1 fully saturated rings. The summed E-state index contributed by atoms with van der Waals surface area (Å²) in [5.41, 5.74) is 3.47. The van der Waals surface area contributed by atoms with E-state index in [0.29, 0.717) is 11.6 Å². The Bertz CT molecular complexity index is 1320. The number of aryl methyl sites for hydroxylation is 1. The smallest absolute Gasteiger partial charge is 0.410 e. The zero-order valence-corrected chi connectivity index (χ0v) is 25.6. The summed E-state index contributed by atoms with van der Waals surface area (Å²) in [5.74, 6) is 0.0125. The van der Waals surface area contributed by atoms with Gasteiger partial charge >= 0.3 is 6.09 Å². The number of Topliss-reactive ketones (excluding diaryl/α,β-unsaturated/α-hetero) is 1. The summed E-state index contributed by atoms with van der Waals surface area (Å²) in [6, 6.07) is 13.0. The van der Waals surface area contributed by atoms with Crippen molar-refractivity contribution in [3.05, 3.63) is 64.9 Å². The van der Waals surface area contributed by atoms with Gasteiger partial charge < -0.3 is 18.6 Å². The van der Waals surface area contributed by atoms with Crippen molar-refractivity contribution in [3.8, 4) is 0 Å². The van der Waals surface area contributed by atoms with Crippen molar-refractivity contribution in [1.29, 1.82) is 0 Å². The Morgan fingerprint density at radius 3 is 2.54 bits per heavy atom. The standard InChI is InChI=1S/C30H40ClN3O4Si/c1-21-24(31)14-15-25-28(21)32-20-33(25)18-23(35)17-26-27(38-39(5,6)30(2,3)4)13-10-16-34(26)29(36)37-19-22-11-8-7-9-12-22/h7-9,11-12,14-15,20,26-27H,10,13,16-19H2,1-6H3/t26-,27+/m1/s1. The third kappa shape index (κ3) is 6.73. The molecule has 1 saturated heterocycles. The van der Waals surface area contributed by atoms with E-state index in [0.717, 1.165) is 35.0 Å². The highest BCUT2D eigenvalue weighted by atomic mass is 35.5. The van der Waals surface area contributed by atoms with Gasteiger partial charge in [0.25, 0.3) is 0 Å². The Hall–Kier alpha value is -2.68. The number of carbonyl (C=O) groups excluding carboxylic acids is 2. The molecule has 1 aliphatic rings. The van der Waals surface area contributed by atoms with E-state index in [-0.39, 0.29) is 36.5 Å². The van der Waals surface area contributed by atoms with Crippen LogP contribution in [0.3, 0.4) is 0 Å². The molecule has 1 aliphatic heterocycles. The third-order valence-electron chi connectivity index (χ3n) is 8.17. The van der Waals surface area contributed by atoms with E-state index in [2.05, 4.69) is 38.8 Å². The second-order valence-corrected chi connectivity index (χ2v) is 17.2. The van der Waals surface area contributed by atoms with Gasteiger partial charge in [-0.05, 0) is 61.2 Å². The van der Waals surface area contributed by atoms with Gasteiger partial charge in [0.15, 0.2) is 14.1 Å². The number of rotatable bonds is 8. The monoisotopic (exact) mass is 569 g/mol. The van der Waals surface area contributed by atoms with E-state index in [1.807, 2.05) is 54.0 Å². The molecule has 3 aromatic rings. The molecule has 2 atom stereocenters. The molecule has 7 nitrogen and oxygen atoms in total. The van der Waals surface area contributed by atoms with Crippen molar-refractivity contribution >= 4 is 42.8 Å². The quantitative estimate of drug-likeness (QED) is 0.269. The van der Waals surface area contributed by atoms with Crippen molar-refractivity contribution in [1.82, 2.24) is 14.5 Å². The Labute approximate surface area is 237 Å². The average molecular weight is 570 g/mol. The van der Waals surface area contributed by atoms with Crippen LogP contribution >= 0.6 is 11.6 Å². The van der Waals surface area contributed by atoms with E-state index in [1.165, 1.54) is 0 Å². The number of carbonyl (C=O) groups is 2. The number of aromatic nitrogens is 2. The van der Waals surface area contributed by atoms with Gasteiger partial charge in [-0.3, -0.25) is 4.79 Å². The first-order valence-electron chi connectivity index (χ1n) is 13.6. The number of imidazole rings is 1. The lowest BCUT2D eigenvalue weighted by Gasteiger charge is -2.46. The molecule has 0 aliphatic carbocycles. The SMILES string of the molecule is Cc1c(Cl)ccc2c1ncn2CC(=O)C[C@@H]1[C@@H](O[Si](C)(C)C(C)(C)C)CCCN1C(=O)OCc1ccccc1. The molecule has 0 N–H and O–H groups in total. The molecule has 1 amide bonds. The average Bonchev–Trinajstić information content (AvgIpc) is 3.28. The predicted octanol–water partition coefficient (Wildman–Crippen LogP) is 7.15. The highest BCUT2D eigenvalue weighted by Crippen LogP contribution is 2.39. The van der Waals surface area contributed by atoms with Crippen molar-refractivity contribution in [2.24, 2.45) is 0 Å². The maximum Gasteiger partial charge on any atom is 0.410 e. The van der Waals surface area contributed by atoms with Crippen LogP contribution in [0.25, 0.3) is 11.0 Å². The number of piperidine rings is 1. The second kappa shape index (κ2) is 11.8. The van der Waals surface area contributed by atoms with Gasteiger partial charge in [0.1, 0.15) is 6.61 Å². The first-order chi connectivity index (χ1) is 18.4. The van der Waals surface area contributed by atoms with E-state index in [1.54, 1.807) is 11.2 Å². The lowest BCUT2D eigenvalue weighted by molar-refractivity contribution is -0.122. The van der Waals surface area contributed by atoms with Crippen LogP contribution in [0.4, 0.5) is 4.79 Å². The molecule has 4 rings (SSSR count). The summed E-state index contributed by atoms with van der Waals surface area (Å²) < 4.78 is 14.4. The van der Waals surface area contributed by atoms with Gasteiger partial charge in [-0.2, -0.15) is 0 Å². The zero-order valence-electron chi connectivity index (χ0n) is 23.9. The van der Waals surface area contributed by atoms with Crippen LogP contribution in [0.1, 0.15) is 51.2 Å². The van der Waals surface area contributed by atoms with E-state index >= 15 is 0 Å². The van der Waals surface area contributed by atoms with Crippen LogP contribution in [-0.2, 0) is 27.1 Å². The fraction of sp³-hybridized carbons (Fsp3) is 0.500. The molecular formula is C30H40ClN3O4Si. The summed E-state index contributed by atoms with van der Waals surface area (Å²) in [6.45, 7) is 13.8. The molecule has 0 unspecified atom stereocenters. The van der Waals surface area contributed by atoms with E-state index < -0.39 is 20.5 Å². The summed E-state index contributed by atoms with van der Waals surface area (Å²) in [6.07, 6.45) is 2.84. The Morgan fingerprint density at radius 2 is 1.85 bits per heavy atom. The van der Waals surface area contributed by atoms with Gasteiger partial charge in [-0.25, -0.2) is 9.78 Å². The number of hydrogen-bond acceptors (Lipinski definition) is 5. The molecule has 2 aromatic carbocycles. The Morgan fingerprint density at radius 1 is 1.13 bits per heavy atom. The van der Waals surface area contributed by atoms with Crippen molar-refractivity contribution in [2.75, 3.05) is 6.54 Å². The minimum Gasteiger partial charge on any atom is -0.445 e. The van der Waals surface area contributed by atoms with Gasteiger partial charge in [-0.1, -0.05) is 62.7 Å². The van der Waals surface area contributed by atoms with Crippen LogP contribution in [0.2, 0.25) is 23.2 Å². The molecule has 0 saturated carbocycles. The summed E-state index contributed by atoms with van der Waals surface area (Å²) in [7, 11) is -2.15. The highest BCUT2D eigenvalue weighted by Gasteiger charge is 2.44. The molecule has 210 valence electrons. The third-order valence-corrected chi connectivity index (χ3v) is 13.1. The molecule has 0 spiro atoms. The summed E-state index contributed by atoms with van der Waals surface area (Å²) >= 11 is 6.27. The number of ether oxygens (including phenoxy) is 1. The number of ketones is 1. The molecule has 0 radical (unpaired) electrons. The van der Waals surface area contributed by atoms with Gasteiger partial charge in [0.05, 0.1) is 36.1 Å². The van der Waals surface area contributed by atoms with Crippen LogP contribution in [0.5, 0.6) is 0 Å². The largest absolute Gasteiger partial charge is 0.445 e. The van der Waals surface area contributed by atoms with Crippen LogP contribution < -0.4 is 0 Å². The number of amides is 1.